The van der Waals surface area contributed by atoms with E-state index in [2.05, 4.69) is 0 Å². The van der Waals surface area contributed by atoms with Crippen LogP contribution in [0.3, 0.4) is 0 Å². The van der Waals surface area contributed by atoms with Crippen molar-refractivity contribution < 1.29 is 31.1 Å². The first-order chi connectivity index (χ1) is 9.73. The summed E-state index contributed by atoms with van der Waals surface area (Å²) in [6.45, 7) is 0. The van der Waals surface area contributed by atoms with Crippen molar-refractivity contribution in [2.75, 3.05) is 5.75 Å². The van der Waals surface area contributed by atoms with Crippen LogP contribution in [0.1, 0.15) is 16.8 Å². The summed E-state index contributed by atoms with van der Waals surface area (Å²) in [4.78, 5) is 11.6. The molecule has 0 bridgehead atoms. The Bertz CT molecular complexity index is 450. The van der Waals surface area contributed by atoms with E-state index in [1.165, 1.54) is 12.1 Å². The molecule has 21 heavy (non-hydrogen) atoms. The van der Waals surface area contributed by atoms with Gasteiger partial charge in [-0.3, -0.25) is 4.79 Å². The van der Waals surface area contributed by atoms with E-state index in [1.807, 2.05) is 0 Å². The zero-order valence-corrected chi connectivity index (χ0v) is 11.4. The van der Waals surface area contributed by atoms with Crippen LogP contribution in [-0.4, -0.2) is 35.6 Å². The lowest BCUT2D eigenvalue weighted by atomic mass is 10.1. The molecule has 0 saturated heterocycles. The highest BCUT2D eigenvalue weighted by Gasteiger charge is 2.48. The monoisotopic (exact) mass is 330 g/mol. The third-order valence-electron chi connectivity index (χ3n) is 2.57. The molecule has 1 aromatic rings. The molecule has 1 nitrogen and oxygen atoms in total. The predicted molar refractivity (Wildman–Crippen MR) is 68.6 cm³/mol. The van der Waals surface area contributed by atoms with Gasteiger partial charge in [-0.05, 0) is 6.42 Å². The average Bonchev–Trinajstić information content (AvgIpc) is 2.45. The van der Waals surface area contributed by atoms with E-state index >= 15 is 0 Å². The van der Waals surface area contributed by atoms with Crippen LogP contribution >= 0.6 is 11.8 Å². The number of hydrogen-bond acceptors (Lipinski definition) is 2. The number of hydrogen-bond donors (Lipinski definition) is 0. The van der Waals surface area contributed by atoms with Crippen molar-refractivity contribution in [3.8, 4) is 0 Å². The van der Waals surface area contributed by atoms with Crippen LogP contribution in [-0.2, 0) is 0 Å². The van der Waals surface area contributed by atoms with Crippen LogP contribution in [0, 0.1) is 0 Å². The van der Waals surface area contributed by atoms with Crippen molar-refractivity contribution in [1.29, 1.82) is 0 Å². The molecule has 3 atom stereocenters. The van der Waals surface area contributed by atoms with Gasteiger partial charge in [0, 0.05) is 11.3 Å². The molecule has 0 spiro atoms. The van der Waals surface area contributed by atoms with Gasteiger partial charge < -0.3 is 0 Å². The smallest absolute Gasteiger partial charge is 0.282 e. The van der Waals surface area contributed by atoms with Gasteiger partial charge in [0.15, 0.2) is 6.17 Å². The van der Waals surface area contributed by atoms with Gasteiger partial charge in [0.1, 0.15) is 6.17 Å². The summed E-state index contributed by atoms with van der Waals surface area (Å²) in [7, 11) is 0. The van der Waals surface area contributed by atoms with Gasteiger partial charge in [-0.1, -0.05) is 42.1 Å². The van der Waals surface area contributed by atoms with Crippen molar-refractivity contribution in [2.24, 2.45) is 0 Å². The zero-order chi connectivity index (χ0) is 16.0. The molecule has 0 aliphatic rings. The number of carbonyl (C=O) groups excluding carboxylic acids is 1. The topological polar surface area (TPSA) is 17.1 Å². The van der Waals surface area contributed by atoms with Crippen LogP contribution < -0.4 is 0 Å². The molecule has 0 saturated carbocycles. The lowest BCUT2D eigenvalue weighted by Crippen LogP contribution is -2.39. The second-order valence-electron chi connectivity index (χ2n) is 4.19. The van der Waals surface area contributed by atoms with Crippen LogP contribution in [0.25, 0.3) is 0 Å². The predicted octanol–water partition coefficient (Wildman–Crippen LogP) is 4.53. The third kappa shape index (κ3) is 5.61. The van der Waals surface area contributed by atoms with Gasteiger partial charge in [0.05, 0.1) is 0 Å². The fourth-order valence-corrected chi connectivity index (χ4v) is 2.28. The van der Waals surface area contributed by atoms with E-state index in [0.717, 1.165) is 0 Å². The molecule has 1 rings (SSSR count). The first-order valence-corrected chi connectivity index (χ1v) is 6.93. The Morgan fingerprint density at radius 1 is 1.10 bits per heavy atom. The minimum absolute atomic E-state index is 0.236. The van der Waals surface area contributed by atoms with Crippen molar-refractivity contribution in [2.45, 2.75) is 31.1 Å². The van der Waals surface area contributed by atoms with Crippen molar-refractivity contribution >= 4 is 16.9 Å². The number of rotatable bonds is 6. The van der Waals surface area contributed by atoms with E-state index in [9.17, 15) is 31.1 Å². The molecule has 118 valence electrons. The minimum atomic E-state index is -5.43. The van der Waals surface area contributed by atoms with Gasteiger partial charge in [0.2, 0.25) is 11.3 Å². The number of alkyl halides is 6. The highest BCUT2D eigenvalue weighted by Crippen LogP contribution is 2.30. The third-order valence-corrected chi connectivity index (χ3v) is 3.51. The molecule has 0 heterocycles. The van der Waals surface area contributed by atoms with Crippen LogP contribution in [0.4, 0.5) is 26.3 Å². The standard InChI is InChI=1S/C13H12F6OS/c14-9(10(15)11(16)13(17,18)19)6-7-21-12(20)8-4-2-1-3-5-8/h1-5,9-11H,6-7H2. The average molecular weight is 330 g/mol. The summed E-state index contributed by atoms with van der Waals surface area (Å²) >= 11 is 0.645. The minimum Gasteiger partial charge on any atom is -0.282 e. The lowest BCUT2D eigenvalue weighted by molar-refractivity contribution is -0.202. The Kier molecular flexibility index (Phi) is 6.57. The maximum atomic E-state index is 13.2. The Morgan fingerprint density at radius 3 is 2.19 bits per heavy atom. The SMILES string of the molecule is O=C(SCCC(F)C(F)C(F)C(F)(F)F)c1ccccc1. The molecule has 0 fully saturated rings. The summed E-state index contributed by atoms with van der Waals surface area (Å²) in [6, 6.07) is 7.94. The van der Waals surface area contributed by atoms with E-state index < -0.39 is 36.2 Å². The zero-order valence-electron chi connectivity index (χ0n) is 10.6. The Morgan fingerprint density at radius 2 is 1.67 bits per heavy atom. The van der Waals surface area contributed by atoms with Gasteiger partial charge in [-0.25, -0.2) is 13.2 Å². The first kappa shape index (κ1) is 17.9. The fourth-order valence-electron chi connectivity index (χ4n) is 1.44. The van der Waals surface area contributed by atoms with E-state index in [4.69, 9.17) is 0 Å². The molecule has 3 unspecified atom stereocenters. The quantitative estimate of drug-likeness (QED) is 0.713. The van der Waals surface area contributed by atoms with Gasteiger partial charge in [-0.15, -0.1) is 0 Å². The van der Waals surface area contributed by atoms with Crippen LogP contribution in [0.2, 0.25) is 0 Å². The van der Waals surface area contributed by atoms with Gasteiger partial charge in [0.25, 0.3) is 0 Å². The maximum Gasteiger partial charge on any atom is 0.422 e. The Labute approximate surface area is 121 Å². The van der Waals surface area contributed by atoms with Crippen LogP contribution in [0.15, 0.2) is 30.3 Å². The van der Waals surface area contributed by atoms with Crippen molar-refractivity contribution in [3.05, 3.63) is 35.9 Å². The molecule has 0 aliphatic heterocycles. The van der Waals surface area contributed by atoms with E-state index in [1.54, 1.807) is 18.2 Å². The molecule has 0 amide bonds. The van der Waals surface area contributed by atoms with Gasteiger partial charge in [-0.2, -0.15) is 13.2 Å². The largest absolute Gasteiger partial charge is 0.422 e. The fraction of sp³-hybridized carbons (Fsp3) is 0.462. The number of halogens is 6. The summed E-state index contributed by atoms with van der Waals surface area (Å²) in [5.74, 6) is -0.236. The number of benzene rings is 1. The molecule has 0 aliphatic carbocycles. The van der Waals surface area contributed by atoms with Crippen LogP contribution in [0.5, 0.6) is 0 Å². The summed E-state index contributed by atoms with van der Waals surface area (Å²) in [6.07, 6.45) is -15.9. The summed E-state index contributed by atoms with van der Waals surface area (Å²) in [5.41, 5.74) is 0.341. The molecular weight excluding hydrogens is 318 g/mol. The normalized spacial score (nSPS) is 16.3. The van der Waals surface area contributed by atoms with Crippen molar-refractivity contribution in [1.82, 2.24) is 0 Å². The summed E-state index contributed by atoms with van der Waals surface area (Å²) in [5, 5.41) is -0.411. The molecule has 0 radical (unpaired) electrons. The number of carbonyl (C=O) groups is 1. The highest BCUT2D eigenvalue weighted by molar-refractivity contribution is 8.14. The first-order valence-electron chi connectivity index (χ1n) is 5.94. The van der Waals surface area contributed by atoms with E-state index in [-0.39, 0.29) is 5.75 Å². The second-order valence-corrected chi connectivity index (χ2v) is 5.26. The Balaban J connectivity index is 2.40. The number of thioether (sulfide) groups is 1. The molecule has 1 aromatic carbocycles. The lowest BCUT2D eigenvalue weighted by Gasteiger charge is -2.19. The molecular formula is C13H12F6OS. The molecule has 8 heteroatoms. The van der Waals surface area contributed by atoms with Crippen molar-refractivity contribution in [3.63, 3.8) is 0 Å². The van der Waals surface area contributed by atoms with E-state index in [0.29, 0.717) is 17.3 Å². The maximum absolute atomic E-state index is 13.2. The molecule has 0 N–H and O–H groups in total. The van der Waals surface area contributed by atoms with Gasteiger partial charge >= 0.3 is 6.18 Å². The highest BCUT2D eigenvalue weighted by atomic mass is 32.2. The summed E-state index contributed by atoms with van der Waals surface area (Å²) < 4.78 is 74.4. The second kappa shape index (κ2) is 7.72. The molecule has 0 aromatic heterocycles. The Hall–Kier alpha value is -1.18.